The lowest BCUT2D eigenvalue weighted by Crippen LogP contribution is -2.57. The van der Waals surface area contributed by atoms with Crippen molar-refractivity contribution in [2.45, 2.75) is 159 Å². The van der Waals surface area contributed by atoms with E-state index in [0.717, 1.165) is 5.56 Å². The monoisotopic (exact) mass is 1030 g/mol. The Bertz CT molecular complexity index is 1760. The second-order valence-electron chi connectivity index (χ2n) is 17.8. The number of carboxylic acids is 1. The van der Waals surface area contributed by atoms with Gasteiger partial charge < -0.3 is 86.0 Å². The van der Waals surface area contributed by atoms with Gasteiger partial charge in [-0.1, -0.05) is 36.8 Å². The number of nitrogens with zero attached hydrogens (tertiary/aromatic N) is 1. The van der Waals surface area contributed by atoms with Crippen LogP contribution in [0.2, 0.25) is 0 Å². The Kier molecular flexibility index (Phi) is 28.8. The number of amides is 5. The molecule has 0 bridgehead atoms. The third-order valence-electron chi connectivity index (χ3n) is 11.7. The van der Waals surface area contributed by atoms with Crippen LogP contribution in [0.25, 0.3) is 0 Å². The molecule has 5 amide bonds. The van der Waals surface area contributed by atoms with Crippen LogP contribution in [-0.4, -0.2) is 209 Å². The lowest BCUT2D eigenvalue weighted by molar-refractivity contribution is -0.292. The van der Waals surface area contributed by atoms with Crippen LogP contribution < -0.4 is 26.6 Å². The first-order chi connectivity index (χ1) is 34.4. The third-order valence-corrected chi connectivity index (χ3v) is 11.7. The first-order valence-electron chi connectivity index (χ1n) is 24.5. The van der Waals surface area contributed by atoms with E-state index in [1.54, 1.807) is 0 Å². The molecule has 11 atom stereocenters. The van der Waals surface area contributed by atoms with Gasteiger partial charge in [-0.15, -0.1) is 0 Å². The highest BCUT2D eigenvalue weighted by Crippen LogP contribution is 2.23. The van der Waals surface area contributed by atoms with Gasteiger partial charge in [0.05, 0.1) is 45.1 Å². The molecule has 408 valence electrons. The Hall–Kier alpha value is -4.93. The summed E-state index contributed by atoms with van der Waals surface area (Å²) in [6.07, 6.45) is -8.92. The van der Waals surface area contributed by atoms with E-state index < -0.39 is 110 Å². The number of unbranched alkanes of at least 4 members (excludes halogenated alkanes) is 4. The fourth-order valence-electron chi connectivity index (χ4n) is 7.47. The van der Waals surface area contributed by atoms with Crippen molar-refractivity contribution in [1.29, 1.82) is 0 Å². The van der Waals surface area contributed by atoms with Gasteiger partial charge in [0.25, 0.3) is 0 Å². The minimum atomic E-state index is -1.53. The first-order valence-corrected chi connectivity index (χ1v) is 24.5. The molecule has 0 aromatic heterocycles. The topological polar surface area (TPSA) is 371 Å². The normalized spacial score (nSPS) is 24.4. The lowest BCUT2D eigenvalue weighted by atomic mass is 10.0. The molecule has 25 nitrogen and oxygen atoms in total. The molecular weight excluding hydrogens is 953 g/mol. The molecule has 2 aliphatic rings. The van der Waals surface area contributed by atoms with Crippen molar-refractivity contribution >= 4 is 41.5 Å². The third kappa shape index (κ3) is 23.7. The molecule has 0 unspecified atom stereocenters. The van der Waals surface area contributed by atoms with E-state index in [1.165, 1.54) is 18.7 Å². The molecule has 0 spiro atoms. The van der Waals surface area contributed by atoms with Crippen LogP contribution >= 0.6 is 0 Å². The van der Waals surface area contributed by atoms with Crippen molar-refractivity contribution in [3.63, 3.8) is 0 Å². The molecule has 0 aliphatic carbocycles. The Balaban J connectivity index is 1.30. The summed E-state index contributed by atoms with van der Waals surface area (Å²) >= 11 is 0. The van der Waals surface area contributed by atoms with E-state index in [2.05, 4.69) is 26.6 Å². The number of nitrogens with one attached hydrogen (secondary N) is 5. The number of aliphatic hydroxyl groups is 6. The fourth-order valence-corrected chi connectivity index (χ4v) is 7.47. The molecule has 3 rings (SSSR count). The number of benzene rings is 1. The number of esters is 1. The van der Waals surface area contributed by atoms with Crippen molar-refractivity contribution < 1.29 is 93.0 Å². The molecule has 2 fully saturated rings. The van der Waals surface area contributed by atoms with Gasteiger partial charge in [0, 0.05) is 45.4 Å². The highest BCUT2D eigenvalue weighted by atomic mass is 16.7. The van der Waals surface area contributed by atoms with Crippen LogP contribution in [0, 0.1) is 0 Å². The standard InChI is InChI=1S/C47H76N6O19/c1-29-39(60)41(62)43(64)46(71-29)68-23-21-50-36(57)26-53(27-37(58)51-22-24-69-47-44(65)42(63)40(61)30(2)72-47)25-35(56)49-19-11-4-7-16-33(54)48-20-12-10-15-32(45(66)67)52-34(55)17-8-9-18-38(59)70-28-31-13-5-3-6-14-31/h3,5-6,13-14,29-30,32,39-44,46-47,60-65H,4,7-12,15-28H2,1-2H3,(H,48,54)(H,49,56)(H,50,57)(H,51,58)(H,52,55)(H,66,67)/t29-,30-,32-,39+,40+,41+,42+,43-,44-,46+,47+/m0/s1. The van der Waals surface area contributed by atoms with Crippen LogP contribution in [0.5, 0.6) is 0 Å². The van der Waals surface area contributed by atoms with Crippen LogP contribution in [0.3, 0.4) is 0 Å². The van der Waals surface area contributed by atoms with Gasteiger partial charge in [0.15, 0.2) is 12.6 Å². The average molecular weight is 1030 g/mol. The van der Waals surface area contributed by atoms with Crippen molar-refractivity contribution in [1.82, 2.24) is 31.5 Å². The Labute approximate surface area is 418 Å². The van der Waals surface area contributed by atoms with Crippen molar-refractivity contribution in [3.8, 4) is 0 Å². The number of rotatable bonds is 34. The molecule has 1 aromatic rings. The summed E-state index contributed by atoms with van der Waals surface area (Å²) in [5.74, 6) is -3.83. The van der Waals surface area contributed by atoms with Gasteiger partial charge in [-0.3, -0.25) is 33.7 Å². The zero-order valence-electron chi connectivity index (χ0n) is 41.1. The largest absolute Gasteiger partial charge is 0.480 e. The average Bonchev–Trinajstić information content (AvgIpc) is 3.34. The predicted molar refractivity (Wildman–Crippen MR) is 252 cm³/mol. The van der Waals surface area contributed by atoms with E-state index in [-0.39, 0.29) is 83.6 Å². The van der Waals surface area contributed by atoms with Gasteiger partial charge in [-0.2, -0.15) is 0 Å². The summed E-state index contributed by atoms with van der Waals surface area (Å²) in [5.41, 5.74) is 0.869. The smallest absolute Gasteiger partial charge is 0.326 e. The SMILES string of the molecule is C[C@@H]1O[C@@H](OCCNC(=O)CN(CC(=O)NCCCCCC(=O)NCCCC[C@H](NC(=O)CCCCC(=O)OCc2ccccc2)C(=O)O)CC(=O)NCCO[C@@H]2O[C@@H](C)[C@@H](O)[C@@H](O)[C@@H]2O)[C@@H](O)[C@H](O)[C@@H]1O. The minimum absolute atomic E-state index is 0.0650. The van der Waals surface area contributed by atoms with Gasteiger partial charge in [-0.25, -0.2) is 4.79 Å². The van der Waals surface area contributed by atoms with Crippen molar-refractivity contribution in [2.75, 3.05) is 59.0 Å². The van der Waals surface area contributed by atoms with E-state index in [0.29, 0.717) is 51.5 Å². The Morgan fingerprint density at radius 2 is 1.01 bits per heavy atom. The summed E-state index contributed by atoms with van der Waals surface area (Å²) in [5, 5.41) is 82.8. The second-order valence-corrected chi connectivity index (χ2v) is 17.8. The summed E-state index contributed by atoms with van der Waals surface area (Å²) in [7, 11) is 0. The quantitative estimate of drug-likeness (QED) is 0.0242. The second kappa shape index (κ2) is 33.7. The highest BCUT2D eigenvalue weighted by molar-refractivity contribution is 5.84. The maximum Gasteiger partial charge on any atom is 0.326 e. The summed E-state index contributed by atoms with van der Waals surface area (Å²) < 4.78 is 26.8. The Morgan fingerprint density at radius 3 is 1.54 bits per heavy atom. The fraction of sp³-hybridized carbons (Fsp3) is 0.723. The van der Waals surface area contributed by atoms with Gasteiger partial charge in [0.1, 0.15) is 49.3 Å². The number of hydrogen-bond acceptors (Lipinski definition) is 19. The Morgan fingerprint density at radius 1 is 0.556 bits per heavy atom. The zero-order chi connectivity index (χ0) is 53.0. The van der Waals surface area contributed by atoms with Crippen LogP contribution in [0.1, 0.15) is 90.0 Å². The summed E-state index contributed by atoms with van der Waals surface area (Å²) in [4.78, 5) is 88.5. The number of carboxylic acid groups (broad SMARTS) is 1. The molecule has 12 N–H and O–H groups in total. The molecule has 2 saturated heterocycles. The van der Waals surface area contributed by atoms with Gasteiger partial charge in [0.2, 0.25) is 29.5 Å². The van der Waals surface area contributed by atoms with Crippen LogP contribution in [0.15, 0.2) is 30.3 Å². The van der Waals surface area contributed by atoms with Crippen LogP contribution in [0.4, 0.5) is 0 Å². The maximum atomic E-state index is 12.9. The van der Waals surface area contributed by atoms with E-state index >= 15 is 0 Å². The van der Waals surface area contributed by atoms with Gasteiger partial charge in [-0.05, 0) is 64.4 Å². The molecule has 2 aliphatic heterocycles. The highest BCUT2D eigenvalue weighted by Gasteiger charge is 2.43. The van der Waals surface area contributed by atoms with E-state index in [9.17, 15) is 69.3 Å². The zero-order valence-corrected chi connectivity index (χ0v) is 41.1. The van der Waals surface area contributed by atoms with E-state index in [4.69, 9.17) is 23.7 Å². The molecule has 2 heterocycles. The minimum Gasteiger partial charge on any atom is -0.480 e. The summed E-state index contributed by atoms with van der Waals surface area (Å²) in [6, 6.07) is 8.15. The van der Waals surface area contributed by atoms with Crippen LogP contribution in [-0.2, 0) is 63.9 Å². The number of aliphatic carboxylic acids is 1. The van der Waals surface area contributed by atoms with Crippen molar-refractivity contribution in [2.24, 2.45) is 0 Å². The molecular formula is C47H76N6O19. The lowest BCUT2D eigenvalue weighted by Gasteiger charge is -2.38. The number of carbonyl (C=O) groups excluding carboxylic acids is 6. The molecule has 0 radical (unpaired) electrons. The molecule has 72 heavy (non-hydrogen) atoms. The summed E-state index contributed by atoms with van der Waals surface area (Å²) in [6.45, 7) is 2.10. The number of carbonyl (C=O) groups is 7. The first kappa shape index (κ1) is 61.4. The van der Waals surface area contributed by atoms with Gasteiger partial charge >= 0.3 is 11.9 Å². The molecule has 1 aromatic carbocycles. The van der Waals surface area contributed by atoms with Crippen molar-refractivity contribution in [3.05, 3.63) is 35.9 Å². The van der Waals surface area contributed by atoms with E-state index in [1.807, 2.05) is 30.3 Å². The predicted octanol–water partition coefficient (Wildman–Crippen LogP) is -2.95. The maximum absolute atomic E-state index is 12.9. The number of hydrogen-bond donors (Lipinski definition) is 12. The number of aliphatic hydroxyl groups excluding tert-OH is 6. The number of ether oxygens (including phenoxy) is 5. The molecule has 25 heteroatoms. The molecule has 0 saturated carbocycles.